The highest BCUT2D eigenvalue weighted by molar-refractivity contribution is 9.10. The lowest BCUT2D eigenvalue weighted by atomic mass is 10.0. The van der Waals surface area contributed by atoms with Crippen molar-refractivity contribution in [3.63, 3.8) is 0 Å². The van der Waals surface area contributed by atoms with Crippen LogP contribution in [0.1, 0.15) is 38.8 Å². The summed E-state index contributed by atoms with van der Waals surface area (Å²) in [5, 5.41) is 2.24. The third-order valence-corrected chi connectivity index (χ3v) is 7.10. The van der Waals surface area contributed by atoms with Crippen molar-refractivity contribution < 1.29 is 51.0 Å². The van der Waals surface area contributed by atoms with E-state index in [1.165, 1.54) is 6.92 Å². The normalized spacial score (nSPS) is 12.2. The molecule has 43 heavy (non-hydrogen) atoms. The molecule has 0 unspecified atom stereocenters. The summed E-state index contributed by atoms with van der Waals surface area (Å²) in [7, 11) is 0.897. The molecule has 2 aromatic rings. The molecule has 0 bridgehead atoms. The van der Waals surface area contributed by atoms with Crippen LogP contribution in [0.4, 0.5) is 28.0 Å². The molecule has 2 amide bonds. The van der Waals surface area contributed by atoms with Gasteiger partial charge in [0.2, 0.25) is 0 Å². The van der Waals surface area contributed by atoms with E-state index >= 15 is 4.39 Å². The summed E-state index contributed by atoms with van der Waals surface area (Å²) in [6.45, 7) is 4.65. The number of carbonyl (C=O) groups excluding carboxylic acids is 4. The number of hydrogen-bond donors (Lipinski definition) is 1. The fourth-order valence-electron chi connectivity index (χ4n) is 3.60. The van der Waals surface area contributed by atoms with Crippen molar-refractivity contribution in [3.05, 3.63) is 57.8 Å². The second-order valence-electron chi connectivity index (χ2n) is 10.1. The maximum Gasteiger partial charge on any atom is 0.471 e. The van der Waals surface area contributed by atoms with Gasteiger partial charge < -0.3 is 19.5 Å². The van der Waals surface area contributed by atoms with Crippen LogP contribution in [-0.2, 0) is 36.9 Å². The number of amides is 2. The summed E-state index contributed by atoms with van der Waals surface area (Å²) in [5.74, 6) is -5.64. The summed E-state index contributed by atoms with van der Waals surface area (Å²) >= 11 is 4.04. The first-order valence-corrected chi connectivity index (χ1v) is 14.5. The predicted molar refractivity (Wildman–Crippen MR) is 155 cm³/mol. The van der Waals surface area contributed by atoms with Gasteiger partial charge in [-0.05, 0) is 38.8 Å². The number of ether oxygens (including phenoxy) is 3. The Morgan fingerprint density at radius 3 is 2.26 bits per heavy atom. The van der Waals surface area contributed by atoms with Gasteiger partial charge >= 0.3 is 24.1 Å². The zero-order valence-corrected chi connectivity index (χ0v) is 26.4. The third-order valence-electron chi connectivity index (χ3n) is 5.42. The summed E-state index contributed by atoms with van der Waals surface area (Å²) in [6, 6.07) is 8.63. The van der Waals surface area contributed by atoms with Gasteiger partial charge in [-0.2, -0.15) is 13.2 Å². The van der Waals surface area contributed by atoms with Gasteiger partial charge in [0.25, 0.3) is 0 Å². The van der Waals surface area contributed by atoms with Crippen molar-refractivity contribution in [2.24, 2.45) is 0 Å². The molecule has 1 N–H and O–H groups in total. The lowest BCUT2D eigenvalue weighted by Crippen LogP contribution is -2.45. The zero-order chi connectivity index (χ0) is 32.5. The van der Waals surface area contributed by atoms with E-state index in [4.69, 9.17) is 9.47 Å². The number of esters is 1. The summed E-state index contributed by atoms with van der Waals surface area (Å²) in [6.07, 6.45) is -6.73. The Labute approximate surface area is 258 Å². The van der Waals surface area contributed by atoms with Crippen LogP contribution < -0.4 is 15.0 Å². The molecule has 0 aliphatic rings. The first-order chi connectivity index (χ1) is 19.9. The molecule has 2 rings (SSSR count). The Morgan fingerprint density at radius 2 is 1.72 bits per heavy atom. The molecule has 0 aliphatic carbocycles. The van der Waals surface area contributed by atoms with Gasteiger partial charge in [0.1, 0.15) is 30.2 Å². The first-order valence-electron chi connectivity index (χ1n) is 12.7. The number of nitrogens with one attached hydrogen (secondary N) is 1. The van der Waals surface area contributed by atoms with Crippen LogP contribution in [0.2, 0.25) is 0 Å². The number of carbonyl (C=O) groups is 4. The van der Waals surface area contributed by atoms with Gasteiger partial charge in [0.05, 0.1) is 7.11 Å². The molecule has 0 saturated carbocycles. The molecule has 0 saturated heterocycles. The van der Waals surface area contributed by atoms with E-state index in [0.717, 1.165) is 24.9 Å². The number of thioether (sulfide) groups is 1. The number of alkyl carbamates (subject to hydrolysis) is 1. The molecule has 0 aliphatic heterocycles. The number of methoxy groups -OCH3 is 1. The molecule has 0 heterocycles. The van der Waals surface area contributed by atoms with E-state index in [-0.39, 0.29) is 38.8 Å². The molecule has 1 atom stereocenters. The van der Waals surface area contributed by atoms with Crippen molar-refractivity contribution in [1.29, 1.82) is 0 Å². The van der Waals surface area contributed by atoms with Gasteiger partial charge in [-0.1, -0.05) is 58.0 Å². The molecule has 2 aromatic carbocycles. The molecule has 15 heteroatoms. The number of nitrogens with zero attached hydrogens (tertiary/aromatic N) is 1. The second-order valence-corrected chi connectivity index (χ2v) is 12.1. The maximum absolute atomic E-state index is 16.4. The Kier molecular flexibility index (Phi) is 12.9. The molecule has 0 radical (unpaired) electrons. The maximum atomic E-state index is 16.4. The Morgan fingerprint density at radius 1 is 1.09 bits per heavy atom. The highest BCUT2D eigenvalue weighted by Gasteiger charge is 2.46. The van der Waals surface area contributed by atoms with Crippen LogP contribution in [0.15, 0.2) is 40.9 Å². The number of halogens is 5. The van der Waals surface area contributed by atoms with Crippen molar-refractivity contribution in [2.45, 2.75) is 58.5 Å². The summed E-state index contributed by atoms with van der Waals surface area (Å²) < 4.78 is 72.9. The molecule has 236 valence electrons. The van der Waals surface area contributed by atoms with Crippen molar-refractivity contribution >= 4 is 56.5 Å². The fourth-order valence-corrected chi connectivity index (χ4v) is 4.78. The molecular weight excluding hydrogens is 664 g/mol. The zero-order valence-electron chi connectivity index (χ0n) is 24.0. The number of alkyl halides is 3. The molecule has 0 spiro atoms. The second kappa shape index (κ2) is 15.4. The fraction of sp³-hybridized carbons (Fsp3) is 0.429. The standard InChI is InChI=1S/C28H31BrF4N2O7S/c1-16(36)43-15-18(34-26(39)42-27(2,3)4)11-19-20(29)12-21(41-14-17-9-7-6-8-10-17)24(23(19)30)35(13-22(37)40-5)25(38)28(31,32)33/h6-10,12,18H,11,13-15H2,1-5H3,(H,34,39)/t18-/m0/s1. The van der Waals surface area contributed by atoms with Crippen LogP contribution in [0, 0.1) is 5.82 Å². The number of anilines is 1. The molecule has 0 aromatic heterocycles. The van der Waals surface area contributed by atoms with E-state index in [1.54, 1.807) is 51.1 Å². The van der Waals surface area contributed by atoms with Crippen LogP contribution >= 0.6 is 27.7 Å². The van der Waals surface area contributed by atoms with Crippen molar-refractivity contribution in [2.75, 3.05) is 24.3 Å². The number of rotatable bonds is 11. The smallest absolute Gasteiger partial charge is 0.471 e. The average Bonchev–Trinajstić information content (AvgIpc) is 2.90. The summed E-state index contributed by atoms with van der Waals surface area (Å²) in [4.78, 5) is 48.7. The van der Waals surface area contributed by atoms with Gasteiger partial charge in [0.15, 0.2) is 10.9 Å². The largest absolute Gasteiger partial charge is 0.487 e. The Hall–Kier alpha value is -3.33. The van der Waals surface area contributed by atoms with Crippen LogP contribution in [0.3, 0.4) is 0 Å². The van der Waals surface area contributed by atoms with E-state index in [9.17, 15) is 32.3 Å². The predicted octanol–water partition coefficient (Wildman–Crippen LogP) is 5.95. The minimum absolute atomic E-state index is 0.0260. The SMILES string of the molecule is COC(=O)CN(C(=O)C(F)(F)F)c1c(OCc2ccccc2)cc(Br)c(C[C@@H](CSC(C)=O)NC(=O)OC(C)(C)C)c1F. The Balaban J connectivity index is 2.67. The van der Waals surface area contributed by atoms with Crippen molar-refractivity contribution in [1.82, 2.24) is 5.32 Å². The van der Waals surface area contributed by atoms with Gasteiger partial charge in [-0.25, -0.2) is 9.18 Å². The van der Waals surface area contributed by atoms with E-state index < -0.39 is 59.6 Å². The molecular formula is C28H31BrF4N2O7S. The van der Waals surface area contributed by atoms with E-state index in [1.807, 2.05) is 0 Å². The average molecular weight is 696 g/mol. The topological polar surface area (TPSA) is 111 Å². The van der Waals surface area contributed by atoms with Crippen LogP contribution in [-0.4, -0.2) is 60.3 Å². The van der Waals surface area contributed by atoms with E-state index in [2.05, 4.69) is 26.0 Å². The quantitative estimate of drug-likeness (QED) is 0.227. The highest BCUT2D eigenvalue weighted by atomic mass is 79.9. The van der Waals surface area contributed by atoms with Crippen molar-refractivity contribution in [3.8, 4) is 5.75 Å². The lowest BCUT2D eigenvalue weighted by molar-refractivity contribution is -0.171. The van der Waals surface area contributed by atoms with Crippen LogP contribution in [0.25, 0.3) is 0 Å². The van der Waals surface area contributed by atoms with Gasteiger partial charge in [-0.15, -0.1) is 0 Å². The molecule has 0 fully saturated rings. The van der Waals surface area contributed by atoms with Gasteiger partial charge in [0, 0.05) is 28.8 Å². The number of benzene rings is 2. The monoisotopic (exact) mass is 694 g/mol. The van der Waals surface area contributed by atoms with E-state index in [0.29, 0.717) is 5.56 Å². The minimum Gasteiger partial charge on any atom is -0.487 e. The lowest BCUT2D eigenvalue weighted by Gasteiger charge is -2.28. The van der Waals surface area contributed by atoms with Crippen LogP contribution in [0.5, 0.6) is 5.75 Å². The Bertz CT molecular complexity index is 1320. The highest BCUT2D eigenvalue weighted by Crippen LogP contribution is 2.40. The summed E-state index contributed by atoms with van der Waals surface area (Å²) in [5.41, 5.74) is -1.53. The minimum atomic E-state index is -5.50. The third kappa shape index (κ3) is 11.4. The number of hydrogen-bond acceptors (Lipinski definition) is 8. The van der Waals surface area contributed by atoms with Gasteiger partial charge in [-0.3, -0.25) is 19.3 Å². The first kappa shape index (κ1) is 35.9. The molecule has 9 nitrogen and oxygen atoms in total.